The van der Waals surface area contributed by atoms with Crippen molar-refractivity contribution in [1.29, 1.82) is 0 Å². The Morgan fingerprint density at radius 3 is 2.47 bits per heavy atom. The van der Waals surface area contributed by atoms with E-state index in [2.05, 4.69) is 9.97 Å². The molecule has 0 aliphatic carbocycles. The van der Waals surface area contributed by atoms with Crippen molar-refractivity contribution < 1.29 is 24.2 Å². The molecule has 0 radical (unpaired) electrons. The molecule has 1 atom stereocenters. The highest BCUT2D eigenvalue weighted by Gasteiger charge is 2.48. The van der Waals surface area contributed by atoms with E-state index in [4.69, 9.17) is 9.47 Å². The zero-order valence-electron chi connectivity index (χ0n) is 19.7. The number of nitrogens with zero attached hydrogens (tertiary/aromatic N) is 3. The number of benzene rings is 2. The minimum Gasteiger partial charge on any atom is -0.507 e. The highest BCUT2D eigenvalue weighted by atomic mass is 32.1. The van der Waals surface area contributed by atoms with Gasteiger partial charge in [-0.3, -0.25) is 19.5 Å². The van der Waals surface area contributed by atoms with Crippen molar-refractivity contribution in [3.05, 3.63) is 83.7 Å². The minimum absolute atomic E-state index is 0.00902. The second-order valence-electron chi connectivity index (χ2n) is 8.15. The van der Waals surface area contributed by atoms with Crippen LogP contribution in [-0.4, -0.2) is 40.5 Å². The van der Waals surface area contributed by atoms with E-state index in [1.807, 2.05) is 13.0 Å². The van der Waals surface area contributed by atoms with E-state index >= 15 is 0 Å². The van der Waals surface area contributed by atoms with E-state index in [1.165, 1.54) is 28.6 Å². The lowest BCUT2D eigenvalue weighted by molar-refractivity contribution is -0.132. The molecule has 1 saturated heterocycles. The number of hydrogen-bond donors (Lipinski definition) is 1. The first-order chi connectivity index (χ1) is 17.5. The van der Waals surface area contributed by atoms with Gasteiger partial charge in [0.15, 0.2) is 5.13 Å². The van der Waals surface area contributed by atoms with E-state index < -0.39 is 17.7 Å². The normalized spacial score (nSPS) is 17.1. The Morgan fingerprint density at radius 2 is 1.78 bits per heavy atom. The minimum atomic E-state index is -0.874. The molecular formula is C27H23N3O5S. The summed E-state index contributed by atoms with van der Waals surface area (Å²) < 4.78 is 11.8. The number of anilines is 1. The Bertz CT molecular complexity index is 1460. The van der Waals surface area contributed by atoms with Gasteiger partial charge in [0.1, 0.15) is 17.3 Å². The average Bonchev–Trinajstić information content (AvgIpc) is 3.45. The van der Waals surface area contributed by atoms with Gasteiger partial charge in [0.25, 0.3) is 5.78 Å². The van der Waals surface area contributed by atoms with Crippen LogP contribution >= 0.6 is 11.3 Å². The Kier molecular flexibility index (Phi) is 6.39. The summed E-state index contributed by atoms with van der Waals surface area (Å²) in [6.07, 6.45) is 3.90. The monoisotopic (exact) mass is 501 g/mol. The van der Waals surface area contributed by atoms with Crippen LogP contribution < -0.4 is 14.4 Å². The molecule has 1 N–H and O–H groups in total. The summed E-state index contributed by atoms with van der Waals surface area (Å²) in [6, 6.07) is 14.9. The number of ketones is 1. The van der Waals surface area contributed by atoms with Crippen molar-refractivity contribution in [3.8, 4) is 11.5 Å². The van der Waals surface area contributed by atoms with Gasteiger partial charge >= 0.3 is 5.91 Å². The average molecular weight is 502 g/mol. The number of aliphatic hydroxyl groups excluding tert-OH is 1. The highest BCUT2D eigenvalue weighted by Crippen LogP contribution is 2.44. The predicted molar refractivity (Wildman–Crippen MR) is 137 cm³/mol. The third-order valence-electron chi connectivity index (χ3n) is 5.86. The fraction of sp³-hybridized carbons (Fsp3) is 0.185. The number of rotatable bonds is 7. The van der Waals surface area contributed by atoms with Crippen molar-refractivity contribution in [2.75, 3.05) is 18.6 Å². The maximum Gasteiger partial charge on any atom is 0.301 e. The van der Waals surface area contributed by atoms with Gasteiger partial charge in [-0.1, -0.05) is 30.4 Å². The molecule has 3 heterocycles. The number of methoxy groups -OCH3 is 1. The van der Waals surface area contributed by atoms with Crippen LogP contribution in [0.5, 0.6) is 11.5 Å². The maximum absolute atomic E-state index is 13.4. The zero-order valence-corrected chi connectivity index (χ0v) is 20.5. The number of Topliss-reactive ketones (excluding diaryl/α,β-unsaturated/α-hetero) is 1. The van der Waals surface area contributed by atoms with Crippen LogP contribution in [0.2, 0.25) is 0 Å². The predicted octanol–water partition coefficient (Wildman–Crippen LogP) is 5.12. The number of aliphatic hydroxyl groups is 1. The fourth-order valence-corrected chi connectivity index (χ4v) is 5.12. The molecule has 4 aromatic rings. The Morgan fingerprint density at radius 1 is 1.06 bits per heavy atom. The van der Waals surface area contributed by atoms with Crippen LogP contribution in [0.3, 0.4) is 0 Å². The van der Waals surface area contributed by atoms with Crippen LogP contribution in [0.25, 0.3) is 16.0 Å². The Hall–Kier alpha value is -4.24. The lowest BCUT2D eigenvalue weighted by Gasteiger charge is -2.23. The largest absolute Gasteiger partial charge is 0.507 e. The molecule has 0 saturated carbocycles. The molecule has 1 amide bonds. The summed E-state index contributed by atoms with van der Waals surface area (Å²) in [4.78, 5) is 36.7. The summed E-state index contributed by atoms with van der Waals surface area (Å²) in [5.74, 6) is -0.460. The number of fused-ring (bicyclic) bond motifs is 1. The lowest BCUT2D eigenvalue weighted by Crippen LogP contribution is -2.29. The van der Waals surface area contributed by atoms with Gasteiger partial charge in [-0.2, -0.15) is 0 Å². The van der Waals surface area contributed by atoms with E-state index in [0.29, 0.717) is 39.9 Å². The Balaban J connectivity index is 1.66. The van der Waals surface area contributed by atoms with E-state index in [9.17, 15) is 14.7 Å². The molecule has 5 rings (SSSR count). The first kappa shape index (κ1) is 23.5. The summed E-state index contributed by atoms with van der Waals surface area (Å²) >= 11 is 1.27. The molecule has 0 bridgehead atoms. The van der Waals surface area contributed by atoms with Crippen LogP contribution in [0.1, 0.15) is 30.5 Å². The van der Waals surface area contributed by atoms with Gasteiger partial charge in [0.2, 0.25) is 0 Å². The molecule has 1 unspecified atom stereocenters. The molecule has 2 aromatic heterocycles. The lowest BCUT2D eigenvalue weighted by atomic mass is 9.95. The molecule has 9 heteroatoms. The maximum atomic E-state index is 13.4. The number of carbonyl (C=O) groups is 2. The molecule has 8 nitrogen and oxygen atoms in total. The van der Waals surface area contributed by atoms with Crippen LogP contribution in [0.15, 0.2) is 72.6 Å². The van der Waals surface area contributed by atoms with Gasteiger partial charge < -0.3 is 14.6 Å². The molecule has 1 aliphatic heterocycles. The summed E-state index contributed by atoms with van der Waals surface area (Å²) in [7, 11) is 1.58. The SMILES string of the molecule is CCCOc1ccc(C2C(=C(O)c3ccncc3)C(=O)C(=O)N2c2nc3ccc(OC)cc3s2)cc1. The molecule has 1 fully saturated rings. The molecule has 182 valence electrons. The third-order valence-corrected chi connectivity index (χ3v) is 6.87. The van der Waals surface area contributed by atoms with Crippen molar-refractivity contribution in [1.82, 2.24) is 9.97 Å². The second-order valence-corrected chi connectivity index (χ2v) is 9.16. The second kappa shape index (κ2) is 9.79. The number of aromatic nitrogens is 2. The van der Waals surface area contributed by atoms with Gasteiger partial charge in [0.05, 0.1) is 35.5 Å². The molecular weight excluding hydrogens is 478 g/mol. The Labute approximate surface area is 211 Å². The van der Waals surface area contributed by atoms with Crippen molar-refractivity contribution in [2.24, 2.45) is 0 Å². The number of carbonyl (C=O) groups excluding carboxylic acids is 2. The quantitative estimate of drug-likeness (QED) is 0.213. The van der Waals surface area contributed by atoms with Crippen LogP contribution in [-0.2, 0) is 9.59 Å². The molecule has 0 spiro atoms. The van der Waals surface area contributed by atoms with Crippen molar-refractivity contribution >= 4 is 44.1 Å². The molecule has 1 aliphatic rings. The standard InChI is InChI=1S/C27H23N3O5S/c1-3-14-35-18-6-4-16(5-7-18)23-22(24(31)17-10-12-28-13-11-17)25(32)26(33)30(23)27-29-20-9-8-19(34-2)15-21(20)36-27/h4-13,15,23,31H,3,14H2,1-2H3. The van der Waals surface area contributed by atoms with Crippen LogP contribution in [0, 0.1) is 0 Å². The summed E-state index contributed by atoms with van der Waals surface area (Å²) in [5.41, 5.74) is 1.70. The number of thiazole rings is 1. The molecule has 2 aromatic carbocycles. The van der Waals surface area contributed by atoms with Crippen molar-refractivity contribution in [2.45, 2.75) is 19.4 Å². The fourth-order valence-electron chi connectivity index (χ4n) is 4.10. The number of pyridine rings is 1. The number of amides is 1. The first-order valence-corrected chi connectivity index (χ1v) is 12.2. The number of ether oxygens (including phenoxy) is 2. The van der Waals surface area contributed by atoms with Gasteiger partial charge in [-0.25, -0.2) is 4.98 Å². The van der Waals surface area contributed by atoms with Crippen LogP contribution in [0.4, 0.5) is 5.13 Å². The van der Waals surface area contributed by atoms with Gasteiger partial charge in [-0.05, 0) is 54.4 Å². The highest BCUT2D eigenvalue weighted by molar-refractivity contribution is 7.22. The third kappa shape index (κ3) is 4.18. The zero-order chi connectivity index (χ0) is 25.2. The molecule has 36 heavy (non-hydrogen) atoms. The van der Waals surface area contributed by atoms with Crippen molar-refractivity contribution in [3.63, 3.8) is 0 Å². The first-order valence-electron chi connectivity index (χ1n) is 11.4. The summed E-state index contributed by atoms with van der Waals surface area (Å²) in [5, 5.41) is 11.5. The van der Waals surface area contributed by atoms with Gasteiger partial charge in [-0.15, -0.1) is 0 Å². The topological polar surface area (TPSA) is 102 Å². The smallest absolute Gasteiger partial charge is 0.301 e. The van der Waals surface area contributed by atoms with E-state index in [-0.39, 0.29) is 11.3 Å². The van der Waals surface area contributed by atoms with Gasteiger partial charge in [0, 0.05) is 18.0 Å². The summed E-state index contributed by atoms with van der Waals surface area (Å²) in [6.45, 7) is 2.60. The van der Waals surface area contributed by atoms with E-state index in [0.717, 1.165) is 11.1 Å². The number of hydrogen-bond acceptors (Lipinski definition) is 8. The van der Waals surface area contributed by atoms with E-state index in [1.54, 1.807) is 55.6 Å².